The number of fused-ring (bicyclic) bond motifs is 1. The Labute approximate surface area is 213 Å². The summed E-state index contributed by atoms with van der Waals surface area (Å²) >= 11 is 5.91. The zero-order chi connectivity index (χ0) is 26.5. The molecule has 4 N–H and O–H groups in total. The summed E-state index contributed by atoms with van der Waals surface area (Å²) in [7, 11) is -3.63. The average Bonchev–Trinajstić information content (AvgIpc) is 3.43. The van der Waals surface area contributed by atoms with Crippen LogP contribution in [0.15, 0.2) is 71.6 Å². The molecule has 0 aliphatic carbocycles. The van der Waals surface area contributed by atoms with Crippen molar-refractivity contribution in [3.63, 3.8) is 0 Å². The van der Waals surface area contributed by atoms with Crippen LogP contribution < -0.4 is 15.8 Å². The fraction of sp³-hybridized carbons (Fsp3) is 0.0833. The molecule has 1 amide bonds. The molecule has 5 rings (SSSR count). The van der Waals surface area contributed by atoms with Crippen molar-refractivity contribution < 1.29 is 26.4 Å². The molecule has 0 radical (unpaired) electrons. The number of hydrogen-bond acceptors (Lipinski definition) is 5. The van der Waals surface area contributed by atoms with E-state index in [4.69, 9.17) is 17.3 Å². The number of halogens is 4. The molecule has 0 saturated carbocycles. The molecule has 190 valence electrons. The van der Waals surface area contributed by atoms with E-state index >= 15 is 0 Å². The molecule has 0 unspecified atom stereocenters. The molecule has 37 heavy (non-hydrogen) atoms. The summed E-state index contributed by atoms with van der Waals surface area (Å²) in [5.74, 6) is -0.850. The van der Waals surface area contributed by atoms with Crippen LogP contribution in [0.5, 0.6) is 0 Å². The van der Waals surface area contributed by atoms with E-state index in [1.807, 2.05) is 0 Å². The number of rotatable bonds is 4. The smallest absolute Gasteiger partial charge is 0.397 e. The largest absolute Gasteiger partial charge is 0.435 e. The van der Waals surface area contributed by atoms with Crippen molar-refractivity contribution in [1.82, 2.24) is 14.5 Å². The SMILES string of the molecule is Nc1cc(-n2nc(C(F)(F)F)cc2C(=O)Nc2ccc(-c3cccc4c3S(=O)(=O)NC4)cc2)ccc1Cl. The number of nitrogens with zero attached hydrogens (tertiary/aromatic N) is 2. The number of nitrogen functional groups attached to an aromatic ring is 1. The van der Waals surface area contributed by atoms with E-state index in [9.17, 15) is 26.4 Å². The lowest BCUT2D eigenvalue weighted by Crippen LogP contribution is -2.17. The number of amides is 1. The predicted molar refractivity (Wildman–Crippen MR) is 132 cm³/mol. The zero-order valence-electron chi connectivity index (χ0n) is 18.7. The van der Waals surface area contributed by atoms with Gasteiger partial charge >= 0.3 is 6.18 Å². The van der Waals surface area contributed by atoms with Crippen LogP contribution in [-0.2, 0) is 22.7 Å². The number of nitrogens with two attached hydrogens (primary N) is 1. The van der Waals surface area contributed by atoms with E-state index in [0.29, 0.717) is 22.8 Å². The van der Waals surface area contributed by atoms with E-state index in [1.54, 1.807) is 30.3 Å². The van der Waals surface area contributed by atoms with Gasteiger partial charge in [0, 0.05) is 23.9 Å². The summed E-state index contributed by atoms with van der Waals surface area (Å²) < 4.78 is 68.3. The summed E-state index contributed by atoms with van der Waals surface area (Å²) in [5, 5.41) is 6.31. The van der Waals surface area contributed by atoms with Crippen LogP contribution in [0.3, 0.4) is 0 Å². The highest BCUT2D eigenvalue weighted by Crippen LogP contribution is 2.34. The normalized spacial score (nSPS) is 14.4. The van der Waals surface area contributed by atoms with Gasteiger partial charge in [0.05, 0.1) is 21.3 Å². The first-order chi connectivity index (χ1) is 17.4. The zero-order valence-corrected chi connectivity index (χ0v) is 20.2. The molecule has 3 aromatic carbocycles. The number of alkyl halides is 3. The maximum absolute atomic E-state index is 13.4. The fourth-order valence-corrected chi connectivity index (χ4v) is 5.55. The Morgan fingerprint density at radius 3 is 2.49 bits per heavy atom. The standard InChI is InChI=1S/C24H17ClF3N5O3S/c25-18-9-8-16(10-19(18)29)33-20(11-21(32-33)24(26,27)28)23(34)31-15-6-4-13(5-7-15)17-3-1-2-14-12-30-37(35,36)22(14)17/h1-11,30H,12,29H2,(H,31,34). The topological polar surface area (TPSA) is 119 Å². The van der Waals surface area contributed by atoms with E-state index in [0.717, 1.165) is 4.68 Å². The van der Waals surface area contributed by atoms with Crippen LogP contribution in [0.25, 0.3) is 16.8 Å². The number of hydrogen-bond donors (Lipinski definition) is 3. The van der Waals surface area contributed by atoms with E-state index < -0.39 is 27.8 Å². The lowest BCUT2D eigenvalue weighted by Gasteiger charge is -2.11. The van der Waals surface area contributed by atoms with Gasteiger partial charge in [0.1, 0.15) is 5.69 Å². The van der Waals surface area contributed by atoms with Crippen molar-refractivity contribution in [2.75, 3.05) is 11.1 Å². The summed E-state index contributed by atoms with van der Waals surface area (Å²) in [4.78, 5) is 13.2. The predicted octanol–water partition coefficient (Wildman–Crippen LogP) is 4.84. The van der Waals surface area contributed by atoms with Gasteiger partial charge in [-0.2, -0.15) is 18.3 Å². The Balaban J connectivity index is 1.46. The van der Waals surface area contributed by atoms with Crippen molar-refractivity contribution in [2.24, 2.45) is 0 Å². The van der Waals surface area contributed by atoms with Gasteiger partial charge in [0.25, 0.3) is 5.91 Å². The Bertz CT molecular complexity index is 1650. The van der Waals surface area contributed by atoms with E-state index in [-0.39, 0.29) is 39.2 Å². The second-order valence-corrected chi connectivity index (χ2v) is 10.3. The molecule has 2 heterocycles. The number of nitrogens with one attached hydrogen (secondary N) is 2. The lowest BCUT2D eigenvalue weighted by atomic mass is 10.0. The average molecular weight is 548 g/mol. The third kappa shape index (κ3) is 4.66. The molecule has 13 heteroatoms. The Morgan fingerprint density at radius 2 is 1.81 bits per heavy atom. The summed E-state index contributed by atoms with van der Waals surface area (Å²) in [5.41, 5.74) is 6.37. The van der Waals surface area contributed by atoms with Crippen LogP contribution >= 0.6 is 11.6 Å². The van der Waals surface area contributed by atoms with Crippen molar-refractivity contribution in [3.8, 4) is 16.8 Å². The molecule has 8 nitrogen and oxygen atoms in total. The Kier molecular flexibility index (Phi) is 5.97. The van der Waals surface area contributed by atoms with Crippen molar-refractivity contribution in [2.45, 2.75) is 17.6 Å². The monoisotopic (exact) mass is 547 g/mol. The van der Waals surface area contributed by atoms with E-state index in [2.05, 4.69) is 15.1 Å². The van der Waals surface area contributed by atoms with Crippen molar-refractivity contribution >= 4 is 38.9 Å². The van der Waals surface area contributed by atoms with Gasteiger partial charge in [-0.1, -0.05) is 41.9 Å². The summed E-state index contributed by atoms with van der Waals surface area (Å²) in [6, 6.07) is 16.1. The van der Waals surface area contributed by atoms with Crippen LogP contribution in [0.1, 0.15) is 21.7 Å². The molecule has 1 aliphatic rings. The first-order valence-corrected chi connectivity index (χ1v) is 12.6. The first kappa shape index (κ1) is 24.8. The van der Waals surface area contributed by atoms with Gasteiger partial charge in [-0.05, 0) is 41.5 Å². The van der Waals surface area contributed by atoms with Gasteiger partial charge < -0.3 is 11.1 Å². The highest BCUT2D eigenvalue weighted by atomic mass is 35.5. The second-order valence-electron chi connectivity index (χ2n) is 8.18. The number of carbonyl (C=O) groups excluding carboxylic acids is 1. The minimum atomic E-state index is -4.79. The molecule has 0 saturated heterocycles. The van der Waals surface area contributed by atoms with Crippen LogP contribution in [0, 0.1) is 0 Å². The molecular weight excluding hydrogens is 531 g/mol. The molecule has 0 bridgehead atoms. The molecule has 0 fully saturated rings. The minimum Gasteiger partial charge on any atom is -0.397 e. The first-order valence-electron chi connectivity index (χ1n) is 10.7. The fourth-order valence-electron chi connectivity index (χ4n) is 3.98. The summed E-state index contributed by atoms with van der Waals surface area (Å²) in [6.07, 6.45) is -4.79. The minimum absolute atomic E-state index is 0.106. The van der Waals surface area contributed by atoms with E-state index in [1.165, 1.54) is 30.3 Å². The number of anilines is 2. The maximum atomic E-state index is 13.4. The van der Waals surface area contributed by atoms with Crippen molar-refractivity contribution in [1.29, 1.82) is 0 Å². The lowest BCUT2D eigenvalue weighted by molar-refractivity contribution is -0.141. The molecule has 1 aromatic heterocycles. The third-order valence-electron chi connectivity index (χ3n) is 5.73. The van der Waals surface area contributed by atoms with Gasteiger partial charge in [-0.25, -0.2) is 17.8 Å². The Hall–Kier alpha value is -3.87. The molecule has 1 aliphatic heterocycles. The van der Waals surface area contributed by atoms with Crippen LogP contribution in [-0.4, -0.2) is 24.1 Å². The number of aromatic nitrogens is 2. The molecule has 0 atom stereocenters. The molecular formula is C24H17ClF3N5O3S. The summed E-state index contributed by atoms with van der Waals surface area (Å²) in [6.45, 7) is 0.201. The molecule has 0 spiro atoms. The van der Waals surface area contributed by atoms with Gasteiger partial charge in [0.15, 0.2) is 5.69 Å². The quantitative estimate of drug-likeness (QED) is 0.316. The van der Waals surface area contributed by atoms with Gasteiger partial charge in [-0.15, -0.1) is 0 Å². The number of carbonyl (C=O) groups is 1. The Morgan fingerprint density at radius 1 is 1.08 bits per heavy atom. The van der Waals surface area contributed by atoms with Crippen LogP contribution in [0.2, 0.25) is 5.02 Å². The second kappa shape index (κ2) is 8.91. The third-order valence-corrected chi connectivity index (χ3v) is 7.62. The molecule has 4 aromatic rings. The number of sulfonamides is 1. The van der Waals surface area contributed by atoms with Crippen molar-refractivity contribution in [3.05, 3.63) is 88.7 Å². The highest BCUT2D eigenvalue weighted by molar-refractivity contribution is 7.90. The van der Waals surface area contributed by atoms with Crippen LogP contribution in [0.4, 0.5) is 24.5 Å². The highest BCUT2D eigenvalue weighted by Gasteiger charge is 2.36. The van der Waals surface area contributed by atoms with Gasteiger partial charge in [-0.3, -0.25) is 4.79 Å². The number of benzene rings is 3. The van der Waals surface area contributed by atoms with Gasteiger partial charge in [0.2, 0.25) is 10.0 Å². The maximum Gasteiger partial charge on any atom is 0.435 e.